The maximum Gasteiger partial charge on any atom is 0.225 e. The molecule has 2 aromatic heterocycles. The Hall–Kier alpha value is -2.38. The summed E-state index contributed by atoms with van der Waals surface area (Å²) in [6, 6.07) is 6.22. The standard InChI is InChI=1S/C16H17ClN6O/c17-16-22-13(14-15(23-16)20-8-19-14)9-1-2-12(11(18)7-9)21-10-3-5-24-6-4-10/h1-2,7-8,10,21H,3-6,18H2,(H,19,20,22,23). The fourth-order valence-corrected chi connectivity index (χ4v) is 3.08. The molecule has 0 bridgehead atoms. The first-order chi connectivity index (χ1) is 11.7. The topological polar surface area (TPSA) is 102 Å². The van der Waals surface area contributed by atoms with Gasteiger partial charge >= 0.3 is 0 Å². The van der Waals surface area contributed by atoms with Gasteiger partial charge in [0.25, 0.3) is 0 Å². The van der Waals surface area contributed by atoms with Crippen molar-refractivity contribution in [3.63, 3.8) is 0 Å². The lowest BCUT2D eigenvalue weighted by molar-refractivity contribution is 0.0904. The van der Waals surface area contributed by atoms with Crippen molar-refractivity contribution in [2.45, 2.75) is 18.9 Å². The van der Waals surface area contributed by atoms with Crippen molar-refractivity contribution in [2.75, 3.05) is 24.3 Å². The highest BCUT2D eigenvalue weighted by molar-refractivity contribution is 6.28. The van der Waals surface area contributed by atoms with Crippen molar-refractivity contribution in [3.8, 4) is 11.3 Å². The molecule has 3 aromatic rings. The van der Waals surface area contributed by atoms with Crippen LogP contribution >= 0.6 is 11.6 Å². The second-order valence-electron chi connectivity index (χ2n) is 5.78. The minimum Gasteiger partial charge on any atom is -0.397 e. The summed E-state index contributed by atoms with van der Waals surface area (Å²) in [5, 5.41) is 3.65. The third-order valence-electron chi connectivity index (χ3n) is 4.16. The number of anilines is 2. The summed E-state index contributed by atoms with van der Waals surface area (Å²) >= 11 is 6.00. The number of nitrogens with one attached hydrogen (secondary N) is 2. The number of halogens is 1. The molecule has 0 unspecified atom stereocenters. The van der Waals surface area contributed by atoms with E-state index in [2.05, 4.69) is 25.3 Å². The first-order valence-electron chi connectivity index (χ1n) is 7.81. The number of aromatic amines is 1. The number of ether oxygens (including phenoxy) is 1. The maximum atomic E-state index is 6.24. The third-order valence-corrected chi connectivity index (χ3v) is 4.33. The normalized spacial score (nSPS) is 15.7. The molecule has 124 valence electrons. The average Bonchev–Trinajstić information content (AvgIpc) is 3.05. The molecule has 4 N–H and O–H groups in total. The van der Waals surface area contributed by atoms with E-state index in [-0.39, 0.29) is 5.28 Å². The van der Waals surface area contributed by atoms with Crippen LogP contribution in [0.25, 0.3) is 22.4 Å². The molecular formula is C16H17ClN6O. The molecular weight excluding hydrogens is 328 g/mol. The largest absolute Gasteiger partial charge is 0.397 e. The molecule has 1 aliphatic rings. The van der Waals surface area contributed by atoms with Crippen LogP contribution in [-0.2, 0) is 4.74 Å². The number of nitrogens with two attached hydrogens (primary N) is 1. The zero-order valence-electron chi connectivity index (χ0n) is 12.9. The molecule has 1 saturated heterocycles. The highest BCUT2D eigenvalue weighted by atomic mass is 35.5. The van der Waals surface area contributed by atoms with Crippen LogP contribution in [0, 0.1) is 0 Å². The number of fused-ring (bicyclic) bond motifs is 1. The second kappa shape index (κ2) is 6.26. The summed E-state index contributed by atoms with van der Waals surface area (Å²) in [5.41, 5.74) is 10.7. The van der Waals surface area contributed by atoms with Crippen LogP contribution in [0.15, 0.2) is 24.5 Å². The number of hydrogen-bond donors (Lipinski definition) is 3. The minimum atomic E-state index is 0.160. The fraction of sp³-hybridized carbons (Fsp3) is 0.312. The molecule has 0 spiro atoms. The molecule has 4 rings (SSSR count). The molecule has 7 nitrogen and oxygen atoms in total. The van der Waals surface area contributed by atoms with Gasteiger partial charge in [-0.25, -0.2) is 9.97 Å². The van der Waals surface area contributed by atoms with Crippen LogP contribution in [-0.4, -0.2) is 39.2 Å². The summed E-state index contributed by atoms with van der Waals surface area (Å²) in [5.74, 6) is 0. The first kappa shape index (κ1) is 15.2. The van der Waals surface area contributed by atoms with Crippen LogP contribution in [0.5, 0.6) is 0 Å². The Morgan fingerprint density at radius 2 is 2.08 bits per heavy atom. The molecule has 0 radical (unpaired) electrons. The van der Waals surface area contributed by atoms with E-state index in [0.717, 1.165) is 42.8 Å². The van der Waals surface area contributed by atoms with E-state index in [1.54, 1.807) is 6.33 Å². The molecule has 0 aliphatic carbocycles. The summed E-state index contributed by atoms with van der Waals surface area (Å²) in [7, 11) is 0. The zero-order valence-corrected chi connectivity index (χ0v) is 13.7. The third kappa shape index (κ3) is 2.88. The highest BCUT2D eigenvalue weighted by Gasteiger charge is 2.16. The lowest BCUT2D eigenvalue weighted by Gasteiger charge is -2.25. The van der Waals surface area contributed by atoms with E-state index in [9.17, 15) is 0 Å². The van der Waals surface area contributed by atoms with Crippen LogP contribution in [0.2, 0.25) is 5.28 Å². The lowest BCUT2D eigenvalue weighted by atomic mass is 10.1. The van der Waals surface area contributed by atoms with Gasteiger partial charge in [-0.1, -0.05) is 6.07 Å². The SMILES string of the molecule is Nc1cc(-c2nc(Cl)nc3nc[nH]c23)ccc1NC1CCOCC1. The predicted octanol–water partition coefficient (Wildman–Crippen LogP) is 2.85. The Kier molecular flexibility index (Phi) is 3.95. The molecule has 0 atom stereocenters. The van der Waals surface area contributed by atoms with E-state index >= 15 is 0 Å². The molecule has 24 heavy (non-hydrogen) atoms. The zero-order chi connectivity index (χ0) is 16.5. The Bertz CT molecular complexity index is 874. The van der Waals surface area contributed by atoms with Gasteiger partial charge in [-0.05, 0) is 36.6 Å². The van der Waals surface area contributed by atoms with E-state index < -0.39 is 0 Å². The Balaban J connectivity index is 1.66. The Labute approximate surface area is 143 Å². The van der Waals surface area contributed by atoms with Gasteiger partial charge in [0.15, 0.2) is 5.65 Å². The molecule has 1 aliphatic heterocycles. The van der Waals surface area contributed by atoms with Gasteiger partial charge < -0.3 is 20.8 Å². The van der Waals surface area contributed by atoms with Gasteiger partial charge in [0.05, 0.1) is 17.7 Å². The number of imidazole rings is 1. The first-order valence-corrected chi connectivity index (χ1v) is 8.19. The fourth-order valence-electron chi connectivity index (χ4n) is 2.92. The quantitative estimate of drug-likeness (QED) is 0.499. The van der Waals surface area contributed by atoms with Crippen LogP contribution in [0.1, 0.15) is 12.8 Å². The van der Waals surface area contributed by atoms with Crippen molar-refractivity contribution in [3.05, 3.63) is 29.8 Å². The average molecular weight is 345 g/mol. The summed E-state index contributed by atoms with van der Waals surface area (Å²) < 4.78 is 5.38. The van der Waals surface area contributed by atoms with E-state index in [1.807, 2.05) is 18.2 Å². The summed E-state index contributed by atoms with van der Waals surface area (Å²) in [6.45, 7) is 1.57. The molecule has 0 amide bonds. The van der Waals surface area contributed by atoms with Gasteiger partial charge in [0.2, 0.25) is 5.28 Å². The number of hydrogen-bond acceptors (Lipinski definition) is 6. The van der Waals surface area contributed by atoms with E-state index in [4.69, 9.17) is 22.1 Å². The minimum absolute atomic E-state index is 0.160. The molecule has 8 heteroatoms. The van der Waals surface area contributed by atoms with E-state index in [0.29, 0.717) is 23.1 Å². The van der Waals surface area contributed by atoms with Crippen LogP contribution in [0.3, 0.4) is 0 Å². The second-order valence-corrected chi connectivity index (χ2v) is 6.11. The molecule has 3 heterocycles. The molecule has 1 aromatic carbocycles. The van der Waals surface area contributed by atoms with Gasteiger partial charge in [-0.2, -0.15) is 4.98 Å². The number of nitrogen functional groups attached to an aromatic ring is 1. The predicted molar refractivity (Wildman–Crippen MR) is 94.0 cm³/mol. The Morgan fingerprint density at radius 3 is 2.88 bits per heavy atom. The summed E-state index contributed by atoms with van der Waals surface area (Å²) in [6.07, 6.45) is 3.54. The lowest BCUT2D eigenvalue weighted by Crippen LogP contribution is -2.28. The number of H-pyrrole nitrogens is 1. The number of nitrogens with zero attached hydrogens (tertiary/aromatic N) is 3. The van der Waals surface area contributed by atoms with Crippen LogP contribution < -0.4 is 11.1 Å². The Morgan fingerprint density at radius 1 is 1.25 bits per heavy atom. The van der Waals surface area contributed by atoms with Crippen molar-refractivity contribution in [1.82, 2.24) is 19.9 Å². The van der Waals surface area contributed by atoms with Gasteiger partial charge in [0, 0.05) is 24.8 Å². The van der Waals surface area contributed by atoms with Crippen molar-refractivity contribution >= 4 is 34.1 Å². The molecule has 0 saturated carbocycles. The number of aromatic nitrogens is 4. The van der Waals surface area contributed by atoms with Crippen molar-refractivity contribution in [1.29, 1.82) is 0 Å². The smallest absolute Gasteiger partial charge is 0.225 e. The molecule has 1 fully saturated rings. The van der Waals surface area contributed by atoms with Gasteiger partial charge in [-0.15, -0.1) is 0 Å². The van der Waals surface area contributed by atoms with Crippen molar-refractivity contribution in [2.24, 2.45) is 0 Å². The van der Waals surface area contributed by atoms with Gasteiger partial charge in [0.1, 0.15) is 11.2 Å². The number of rotatable bonds is 3. The maximum absolute atomic E-state index is 6.24. The monoisotopic (exact) mass is 344 g/mol. The number of benzene rings is 1. The van der Waals surface area contributed by atoms with Crippen LogP contribution in [0.4, 0.5) is 11.4 Å². The van der Waals surface area contributed by atoms with E-state index in [1.165, 1.54) is 0 Å². The highest BCUT2D eigenvalue weighted by Crippen LogP contribution is 2.30. The summed E-state index contributed by atoms with van der Waals surface area (Å²) in [4.78, 5) is 15.6. The van der Waals surface area contributed by atoms with Gasteiger partial charge in [-0.3, -0.25) is 0 Å². The van der Waals surface area contributed by atoms with Crippen molar-refractivity contribution < 1.29 is 4.74 Å².